The summed E-state index contributed by atoms with van der Waals surface area (Å²) >= 11 is 0. The molecule has 1 unspecified atom stereocenters. The van der Waals surface area contributed by atoms with Crippen molar-refractivity contribution in [1.82, 2.24) is 0 Å². The number of unbranched alkanes of at least 4 members (excludes halogenated alkanes) is 4. The minimum atomic E-state index is -0.728. The molecule has 2 rings (SSSR count). The van der Waals surface area contributed by atoms with E-state index in [4.69, 9.17) is 4.74 Å². The first-order valence-corrected chi connectivity index (χ1v) is 14.5. The summed E-state index contributed by atoms with van der Waals surface area (Å²) in [6.07, 6.45) is 14.4. The molecule has 2 aromatic carbocycles. The van der Waals surface area contributed by atoms with Crippen molar-refractivity contribution in [3.8, 4) is 5.75 Å². The number of hydrogen-bond acceptors (Lipinski definition) is 3. The molecule has 0 saturated carbocycles. The van der Waals surface area contributed by atoms with E-state index in [1.54, 1.807) is 0 Å². The number of aliphatic hydroxyl groups is 1. The molecule has 0 aliphatic heterocycles. The molecule has 0 heterocycles. The largest absolute Gasteiger partial charge is 0.493 e. The second-order valence-electron chi connectivity index (χ2n) is 10.6. The fraction of sp³-hybridized carbons (Fsp3) is 0.559. The number of carbonyl (C=O) groups is 1. The van der Waals surface area contributed by atoms with Gasteiger partial charge in [-0.05, 0) is 92.7 Å². The highest BCUT2D eigenvalue weighted by Crippen LogP contribution is 2.41. The Kier molecular flexibility index (Phi) is 12.6. The van der Waals surface area contributed by atoms with E-state index in [0.717, 1.165) is 69.8 Å². The van der Waals surface area contributed by atoms with Crippen molar-refractivity contribution in [1.29, 1.82) is 0 Å². The highest BCUT2D eigenvalue weighted by atomic mass is 16.5. The number of aryl methyl sites for hydroxylation is 2. The number of rotatable bonds is 17. The number of carbonyl (C=O) groups excluding carboxylic acids is 1. The van der Waals surface area contributed by atoms with Crippen molar-refractivity contribution in [2.75, 3.05) is 6.61 Å². The number of aldehydes is 1. The summed E-state index contributed by atoms with van der Waals surface area (Å²) in [6, 6.07) is 13.5. The highest BCUT2D eigenvalue weighted by Gasteiger charge is 2.31. The zero-order valence-corrected chi connectivity index (χ0v) is 24.2. The summed E-state index contributed by atoms with van der Waals surface area (Å²) in [5.74, 6) is 0.948. The maximum Gasteiger partial charge on any atom is 0.122 e. The Balaban J connectivity index is 2.25. The highest BCUT2D eigenvalue weighted by molar-refractivity contribution is 5.57. The summed E-state index contributed by atoms with van der Waals surface area (Å²) in [5, 5.41) is 11.0. The first-order valence-electron chi connectivity index (χ1n) is 14.5. The lowest BCUT2D eigenvalue weighted by atomic mass is 9.70. The molecule has 0 saturated heterocycles. The minimum Gasteiger partial charge on any atom is -0.493 e. The van der Waals surface area contributed by atoms with E-state index >= 15 is 0 Å². The van der Waals surface area contributed by atoms with Gasteiger partial charge in [0.05, 0.1) is 12.2 Å². The van der Waals surface area contributed by atoms with Crippen molar-refractivity contribution in [3.05, 3.63) is 70.3 Å². The van der Waals surface area contributed by atoms with E-state index in [9.17, 15) is 9.90 Å². The first-order chi connectivity index (χ1) is 17.8. The van der Waals surface area contributed by atoms with Gasteiger partial charge in [0.25, 0.3) is 0 Å². The van der Waals surface area contributed by atoms with Crippen molar-refractivity contribution in [3.63, 3.8) is 0 Å². The molecule has 0 spiro atoms. The van der Waals surface area contributed by atoms with Crippen LogP contribution in [0.3, 0.4) is 0 Å². The summed E-state index contributed by atoms with van der Waals surface area (Å²) in [5.41, 5.74) is 5.45. The average molecular weight is 507 g/mol. The smallest absolute Gasteiger partial charge is 0.122 e. The minimum absolute atomic E-state index is 0.0591. The molecule has 0 aliphatic rings. The molecule has 0 aromatic heterocycles. The topological polar surface area (TPSA) is 46.5 Å². The number of benzene rings is 2. The third-order valence-electron chi connectivity index (χ3n) is 8.13. The molecule has 204 valence electrons. The maximum absolute atomic E-state index is 11.0. The molecule has 3 heteroatoms. The van der Waals surface area contributed by atoms with Crippen LogP contribution in [0.25, 0.3) is 6.08 Å². The summed E-state index contributed by atoms with van der Waals surface area (Å²) in [6.45, 7) is 13.8. The second kappa shape index (κ2) is 15.1. The fourth-order valence-electron chi connectivity index (χ4n) is 5.30. The van der Waals surface area contributed by atoms with Gasteiger partial charge >= 0.3 is 0 Å². The lowest BCUT2D eigenvalue weighted by Crippen LogP contribution is -2.26. The monoisotopic (exact) mass is 506 g/mol. The van der Waals surface area contributed by atoms with E-state index in [1.165, 1.54) is 27.8 Å². The average Bonchev–Trinajstić information content (AvgIpc) is 2.91. The lowest BCUT2D eigenvalue weighted by Gasteiger charge is -2.34. The van der Waals surface area contributed by atoms with Crippen molar-refractivity contribution >= 4 is 12.4 Å². The molecule has 0 bridgehead atoms. The van der Waals surface area contributed by atoms with E-state index in [1.807, 2.05) is 6.08 Å². The molecular formula is C34H50O3. The Morgan fingerprint density at radius 2 is 1.51 bits per heavy atom. The fourth-order valence-corrected chi connectivity index (χ4v) is 5.30. The molecule has 2 aromatic rings. The predicted octanol–water partition coefficient (Wildman–Crippen LogP) is 8.89. The van der Waals surface area contributed by atoms with Gasteiger partial charge in [0.15, 0.2) is 0 Å². The van der Waals surface area contributed by atoms with Gasteiger partial charge in [-0.2, -0.15) is 0 Å². The van der Waals surface area contributed by atoms with Gasteiger partial charge < -0.3 is 14.6 Å². The van der Waals surface area contributed by atoms with E-state index in [-0.39, 0.29) is 5.41 Å². The predicted molar refractivity (Wildman–Crippen MR) is 158 cm³/mol. The maximum atomic E-state index is 11.0. The Bertz CT molecular complexity index is 1000. The molecule has 1 atom stereocenters. The van der Waals surface area contributed by atoms with Crippen LogP contribution in [0.1, 0.15) is 120 Å². The Morgan fingerprint density at radius 1 is 0.838 bits per heavy atom. The van der Waals surface area contributed by atoms with E-state index < -0.39 is 5.60 Å². The van der Waals surface area contributed by atoms with Gasteiger partial charge in [-0.15, -0.1) is 0 Å². The van der Waals surface area contributed by atoms with Gasteiger partial charge in [0.2, 0.25) is 0 Å². The molecular weight excluding hydrogens is 456 g/mol. The summed E-state index contributed by atoms with van der Waals surface area (Å²) in [7, 11) is 0. The van der Waals surface area contributed by atoms with Crippen LogP contribution in [0.15, 0.2) is 42.5 Å². The van der Waals surface area contributed by atoms with Gasteiger partial charge in [-0.25, -0.2) is 0 Å². The molecule has 0 fully saturated rings. The number of ether oxygens (including phenoxy) is 1. The molecule has 3 nitrogen and oxygen atoms in total. The third kappa shape index (κ3) is 8.30. The summed E-state index contributed by atoms with van der Waals surface area (Å²) in [4.78, 5) is 10.5. The van der Waals surface area contributed by atoms with E-state index in [2.05, 4.69) is 84.0 Å². The zero-order chi connectivity index (χ0) is 27.3. The van der Waals surface area contributed by atoms with Crippen LogP contribution in [0.4, 0.5) is 0 Å². The van der Waals surface area contributed by atoms with Gasteiger partial charge in [-0.3, -0.25) is 0 Å². The van der Waals surface area contributed by atoms with E-state index in [0.29, 0.717) is 13.0 Å². The van der Waals surface area contributed by atoms with Crippen LogP contribution in [0.2, 0.25) is 0 Å². The Hall–Kier alpha value is -2.39. The molecule has 37 heavy (non-hydrogen) atoms. The SMILES string of the molecule is CCCCC(O)(/C=C/c1ccc(C(CC)(CC)c2ccc(OCCCCCC=O)c(C)c2)cc1C)CC. The summed E-state index contributed by atoms with van der Waals surface area (Å²) < 4.78 is 6.06. The van der Waals surface area contributed by atoms with Gasteiger partial charge in [0.1, 0.15) is 12.0 Å². The number of hydrogen-bond donors (Lipinski definition) is 1. The first kappa shape index (κ1) is 30.8. The molecule has 0 aliphatic carbocycles. The molecule has 1 N–H and O–H groups in total. The van der Waals surface area contributed by atoms with Crippen LogP contribution in [0.5, 0.6) is 5.75 Å². The standard InChI is InChI=1S/C34H50O3/c1-7-11-21-33(36,8-2)22-20-29-16-17-30(25-27(29)5)34(9-3,10-4)31-18-19-32(28(6)26-31)37-24-15-13-12-14-23-35/h16-20,22-23,25-26,36H,7-15,21,24H2,1-6H3/b22-20+. The van der Waals surface area contributed by atoms with Crippen LogP contribution >= 0.6 is 0 Å². The van der Waals surface area contributed by atoms with Crippen LogP contribution in [-0.4, -0.2) is 23.6 Å². The van der Waals surface area contributed by atoms with Gasteiger partial charge in [-0.1, -0.05) is 83.0 Å². The second-order valence-corrected chi connectivity index (χ2v) is 10.6. The zero-order valence-electron chi connectivity index (χ0n) is 24.2. The van der Waals surface area contributed by atoms with Crippen molar-refractivity contribution < 1.29 is 14.6 Å². The Morgan fingerprint density at radius 3 is 2.08 bits per heavy atom. The normalized spacial score (nSPS) is 13.6. The lowest BCUT2D eigenvalue weighted by molar-refractivity contribution is -0.107. The van der Waals surface area contributed by atoms with Crippen molar-refractivity contribution in [2.45, 2.75) is 117 Å². The molecule has 0 radical (unpaired) electrons. The van der Waals surface area contributed by atoms with Crippen LogP contribution < -0.4 is 4.74 Å². The van der Waals surface area contributed by atoms with Crippen LogP contribution in [0, 0.1) is 13.8 Å². The Labute approximate surface area is 226 Å². The third-order valence-corrected chi connectivity index (χ3v) is 8.13. The van der Waals surface area contributed by atoms with Crippen LogP contribution in [-0.2, 0) is 10.2 Å². The quantitative estimate of drug-likeness (QED) is 0.172. The van der Waals surface area contributed by atoms with Crippen molar-refractivity contribution in [2.24, 2.45) is 0 Å². The molecule has 0 amide bonds. The van der Waals surface area contributed by atoms with Gasteiger partial charge in [0, 0.05) is 11.8 Å².